The van der Waals surface area contributed by atoms with Gasteiger partial charge in [-0.1, -0.05) is 6.42 Å². The molecule has 1 heterocycles. The van der Waals surface area contributed by atoms with Crippen molar-refractivity contribution in [1.82, 2.24) is 4.98 Å². The van der Waals surface area contributed by atoms with Gasteiger partial charge in [-0.3, -0.25) is 0 Å². The smallest absolute Gasteiger partial charge is 0.119 e. The predicted molar refractivity (Wildman–Crippen MR) is 69.1 cm³/mol. The molecule has 1 aromatic heterocycles. The zero-order chi connectivity index (χ0) is 11.8. The molecule has 1 fully saturated rings. The van der Waals surface area contributed by atoms with Gasteiger partial charge in [-0.2, -0.15) is 0 Å². The average Bonchev–Trinajstić information content (AvgIpc) is 2.68. The monoisotopic (exact) mass is 230 g/mol. The fraction of sp³-hybridized carbons (Fsp3) is 0.429. The Kier molecular flexibility index (Phi) is 2.56. The molecule has 17 heavy (non-hydrogen) atoms. The molecule has 0 radical (unpaired) electrons. The number of H-pyrrole nitrogens is 1. The van der Waals surface area contributed by atoms with Gasteiger partial charge in [-0.15, -0.1) is 0 Å². The second-order valence-corrected chi connectivity index (χ2v) is 4.87. The van der Waals surface area contributed by atoms with Gasteiger partial charge < -0.3 is 15.5 Å². The van der Waals surface area contributed by atoms with E-state index in [1.54, 1.807) is 7.11 Å². The number of nitrogens with one attached hydrogen (secondary N) is 1. The van der Waals surface area contributed by atoms with Crippen molar-refractivity contribution in [2.24, 2.45) is 11.7 Å². The van der Waals surface area contributed by atoms with E-state index in [2.05, 4.69) is 11.1 Å². The number of nitrogens with two attached hydrogens (primary N) is 1. The second kappa shape index (κ2) is 4.08. The lowest BCUT2D eigenvalue weighted by atomic mass is 9.77. The molecule has 0 unspecified atom stereocenters. The Bertz CT molecular complexity index is 528. The largest absolute Gasteiger partial charge is 0.497 e. The van der Waals surface area contributed by atoms with Gasteiger partial charge in [0.05, 0.1) is 7.11 Å². The Balaban J connectivity index is 2.02. The van der Waals surface area contributed by atoms with Crippen LogP contribution in [0.2, 0.25) is 0 Å². The van der Waals surface area contributed by atoms with Crippen LogP contribution in [-0.4, -0.2) is 12.1 Å². The summed E-state index contributed by atoms with van der Waals surface area (Å²) in [6.07, 6.45) is 5.90. The van der Waals surface area contributed by atoms with Gasteiger partial charge in [-0.05, 0) is 42.5 Å². The van der Waals surface area contributed by atoms with Gasteiger partial charge in [0.2, 0.25) is 0 Å². The predicted octanol–water partition coefficient (Wildman–Crippen LogP) is 2.98. The molecule has 3 N–H and O–H groups in total. The highest BCUT2D eigenvalue weighted by atomic mass is 16.5. The molecule has 0 spiro atoms. The molecule has 0 aliphatic heterocycles. The fourth-order valence-corrected chi connectivity index (χ4v) is 2.58. The van der Waals surface area contributed by atoms with Crippen LogP contribution in [0.4, 0.5) is 0 Å². The molecule has 0 saturated heterocycles. The molecule has 1 saturated carbocycles. The summed E-state index contributed by atoms with van der Waals surface area (Å²) in [5.74, 6) is 1.54. The minimum atomic E-state index is 0.157. The Morgan fingerprint density at radius 3 is 2.88 bits per heavy atom. The summed E-state index contributed by atoms with van der Waals surface area (Å²) < 4.78 is 5.27. The number of rotatable bonds is 3. The van der Waals surface area contributed by atoms with E-state index in [0.717, 1.165) is 11.3 Å². The molecule has 0 amide bonds. The number of benzene rings is 1. The van der Waals surface area contributed by atoms with Gasteiger partial charge in [0.25, 0.3) is 0 Å². The fourth-order valence-electron chi connectivity index (χ4n) is 2.58. The van der Waals surface area contributed by atoms with Gasteiger partial charge in [0.15, 0.2) is 0 Å². The molecule has 1 atom stereocenters. The lowest BCUT2D eigenvalue weighted by molar-refractivity contribution is 0.265. The summed E-state index contributed by atoms with van der Waals surface area (Å²) in [6, 6.07) is 6.24. The van der Waals surface area contributed by atoms with Crippen LogP contribution >= 0.6 is 0 Å². The van der Waals surface area contributed by atoms with Crippen molar-refractivity contribution in [2.75, 3.05) is 7.11 Å². The summed E-state index contributed by atoms with van der Waals surface area (Å²) in [4.78, 5) is 3.29. The summed E-state index contributed by atoms with van der Waals surface area (Å²) in [7, 11) is 1.69. The Hall–Kier alpha value is -1.48. The van der Waals surface area contributed by atoms with Crippen LogP contribution in [0.1, 0.15) is 30.9 Å². The Labute approximate surface area is 101 Å². The number of fused-ring (bicyclic) bond motifs is 1. The lowest BCUT2D eigenvalue weighted by Gasteiger charge is -2.31. The molecule has 2 aromatic rings. The third-order valence-corrected chi connectivity index (χ3v) is 3.94. The third-order valence-electron chi connectivity index (χ3n) is 3.94. The molecule has 3 heteroatoms. The number of hydrogen-bond acceptors (Lipinski definition) is 2. The summed E-state index contributed by atoms with van der Waals surface area (Å²) in [5, 5.41) is 1.20. The Morgan fingerprint density at radius 1 is 1.41 bits per heavy atom. The van der Waals surface area contributed by atoms with Crippen LogP contribution in [-0.2, 0) is 0 Å². The first-order valence-electron chi connectivity index (χ1n) is 6.20. The highest BCUT2D eigenvalue weighted by molar-refractivity contribution is 5.85. The zero-order valence-electron chi connectivity index (χ0n) is 10.1. The van der Waals surface area contributed by atoms with Crippen molar-refractivity contribution < 1.29 is 4.74 Å². The van der Waals surface area contributed by atoms with E-state index in [4.69, 9.17) is 10.5 Å². The summed E-state index contributed by atoms with van der Waals surface area (Å²) in [5.41, 5.74) is 8.70. The van der Waals surface area contributed by atoms with Gasteiger partial charge >= 0.3 is 0 Å². The number of aromatic amines is 1. The molecule has 90 valence electrons. The van der Waals surface area contributed by atoms with Gasteiger partial charge in [0.1, 0.15) is 5.75 Å². The van der Waals surface area contributed by atoms with Crippen LogP contribution < -0.4 is 10.5 Å². The zero-order valence-corrected chi connectivity index (χ0v) is 10.1. The van der Waals surface area contributed by atoms with Crippen molar-refractivity contribution in [1.29, 1.82) is 0 Å². The minimum absolute atomic E-state index is 0.157. The van der Waals surface area contributed by atoms with Gasteiger partial charge in [0, 0.05) is 23.1 Å². The highest BCUT2D eigenvalue weighted by Crippen LogP contribution is 2.38. The number of aromatic nitrogens is 1. The average molecular weight is 230 g/mol. The maximum Gasteiger partial charge on any atom is 0.119 e. The maximum atomic E-state index is 6.34. The minimum Gasteiger partial charge on any atom is -0.497 e. The lowest BCUT2D eigenvalue weighted by Crippen LogP contribution is -2.26. The van der Waals surface area contributed by atoms with E-state index in [9.17, 15) is 0 Å². The van der Waals surface area contributed by atoms with Crippen LogP contribution in [0.5, 0.6) is 5.75 Å². The molecular formula is C14H18N2O. The van der Waals surface area contributed by atoms with Crippen molar-refractivity contribution >= 4 is 10.9 Å². The number of methoxy groups -OCH3 is 1. The first kappa shape index (κ1) is 10.7. The molecule has 1 aromatic carbocycles. The molecule has 3 nitrogen and oxygen atoms in total. The van der Waals surface area contributed by atoms with Crippen LogP contribution in [0, 0.1) is 5.92 Å². The van der Waals surface area contributed by atoms with Gasteiger partial charge in [-0.25, -0.2) is 0 Å². The van der Waals surface area contributed by atoms with E-state index < -0.39 is 0 Å². The number of ether oxygens (including phenoxy) is 1. The second-order valence-electron chi connectivity index (χ2n) is 4.87. The number of hydrogen-bond donors (Lipinski definition) is 2. The third kappa shape index (κ3) is 1.71. The molecule has 1 aliphatic carbocycles. The van der Waals surface area contributed by atoms with Crippen LogP contribution in [0.25, 0.3) is 10.9 Å². The standard InChI is InChI=1S/C14H18N2O/c1-17-10-5-6-13-11(7-10)12(8-16-13)14(15)9-3-2-4-9/h5-9,14,16H,2-4,15H2,1H3/t14-/m1/s1. The SMILES string of the molecule is COc1ccc2[nH]cc([C@H](N)C3CCC3)c2c1. The van der Waals surface area contributed by atoms with E-state index in [1.807, 2.05) is 18.3 Å². The van der Waals surface area contributed by atoms with E-state index in [-0.39, 0.29) is 6.04 Å². The summed E-state index contributed by atoms with van der Waals surface area (Å²) >= 11 is 0. The van der Waals surface area contributed by atoms with Crippen molar-refractivity contribution in [3.8, 4) is 5.75 Å². The molecule has 1 aliphatic rings. The first-order valence-corrected chi connectivity index (χ1v) is 6.20. The molecule has 3 rings (SSSR count). The van der Waals surface area contributed by atoms with E-state index in [1.165, 1.54) is 30.2 Å². The maximum absolute atomic E-state index is 6.34. The van der Waals surface area contributed by atoms with Crippen LogP contribution in [0.3, 0.4) is 0 Å². The topological polar surface area (TPSA) is 51.0 Å². The van der Waals surface area contributed by atoms with Crippen LogP contribution in [0.15, 0.2) is 24.4 Å². The van der Waals surface area contributed by atoms with E-state index >= 15 is 0 Å². The summed E-state index contributed by atoms with van der Waals surface area (Å²) in [6.45, 7) is 0. The molecule has 0 bridgehead atoms. The van der Waals surface area contributed by atoms with Crippen molar-refractivity contribution in [3.05, 3.63) is 30.0 Å². The normalized spacial score (nSPS) is 18.0. The highest BCUT2D eigenvalue weighted by Gasteiger charge is 2.27. The van der Waals surface area contributed by atoms with Crippen molar-refractivity contribution in [3.63, 3.8) is 0 Å². The van der Waals surface area contributed by atoms with Crippen molar-refractivity contribution in [2.45, 2.75) is 25.3 Å². The van der Waals surface area contributed by atoms with E-state index in [0.29, 0.717) is 5.92 Å². The first-order chi connectivity index (χ1) is 8.29. The quantitative estimate of drug-likeness (QED) is 0.851. The molecular weight excluding hydrogens is 212 g/mol. The Morgan fingerprint density at radius 2 is 2.24 bits per heavy atom.